The molecule has 0 atom stereocenters. The van der Waals surface area contributed by atoms with Crippen molar-refractivity contribution in [3.63, 3.8) is 0 Å². The van der Waals surface area contributed by atoms with E-state index >= 15 is 0 Å². The average Bonchev–Trinajstić information content (AvgIpc) is 3.10. The Labute approximate surface area is 322 Å². The summed E-state index contributed by atoms with van der Waals surface area (Å²) < 4.78 is 4.56. The molecule has 5 rings (SSSR count). The zero-order chi connectivity index (χ0) is 33.9. The van der Waals surface area contributed by atoms with Gasteiger partial charge in [0.05, 0.1) is 0 Å². The molecule has 0 amide bonds. The van der Waals surface area contributed by atoms with Crippen LogP contribution in [0.4, 0.5) is 11.4 Å². The lowest BCUT2D eigenvalue weighted by atomic mass is 10.1. The summed E-state index contributed by atoms with van der Waals surface area (Å²) in [5, 5.41) is 0. The largest absolute Gasteiger partial charge is 1.00 e. The van der Waals surface area contributed by atoms with E-state index in [0.29, 0.717) is 0 Å². The minimum Gasteiger partial charge on any atom is -1.00 e. The van der Waals surface area contributed by atoms with E-state index in [0.717, 1.165) is 39.3 Å². The van der Waals surface area contributed by atoms with Crippen molar-refractivity contribution in [3.05, 3.63) is 154 Å². The maximum atomic E-state index is 2.37. The van der Waals surface area contributed by atoms with Crippen LogP contribution >= 0.6 is 0 Å². The number of hydrogen-bond donors (Lipinski definition) is 0. The molecule has 262 valence electrons. The fraction of sp³-hybridized carbons (Fsp3) is 0.273. The summed E-state index contributed by atoms with van der Waals surface area (Å²) in [5.41, 5.74) is 12.6. The van der Waals surface area contributed by atoms with Crippen LogP contribution in [0.2, 0.25) is 0 Å². The molecule has 4 nitrogen and oxygen atoms in total. The summed E-state index contributed by atoms with van der Waals surface area (Å²) >= 11 is 0. The van der Waals surface area contributed by atoms with E-state index in [1.54, 1.807) is 0 Å². The number of aryl methyl sites for hydroxylation is 2. The van der Waals surface area contributed by atoms with Crippen LogP contribution in [0.1, 0.15) is 72.2 Å². The van der Waals surface area contributed by atoms with Crippen LogP contribution in [0.15, 0.2) is 110 Å². The molecule has 0 saturated carbocycles. The highest BCUT2D eigenvalue weighted by Crippen LogP contribution is 2.19. The Morgan fingerprint density at radius 1 is 0.500 bits per heavy atom. The number of aromatic nitrogens is 2. The number of pyridine rings is 2. The topological polar surface area (TPSA) is 14.2 Å². The van der Waals surface area contributed by atoms with E-state index in [4.69, 9.17) is 0 Å². The second-order valence-electron chi connectivity index (χ2n) is 12.5. The molecule has 2 heterocycles. The predicted molar refractivity (Wildman–Crippen MR) is 205 cm³/mol. The fourth-order valence-corrected chi connectivity index (χ4v) is 6.31. The van der Waals surface area contributed by atoms with Gasteiger partial charge in [-0.05, 0) is 94.1 Å². The van der Waals surface area contributed by atoms with Crippen LogP contribution in [-0.2, 0) is 13.1 Å². The van der Waals surface area contributed by atoms with Crippen molar-refractivity contribution in [1.82, 2.24) is 0 Å². The average molecular weight is 797 g/mol. The Morgan fingerprint density at radius 3 is 1.22 bits per heavy atom. The maximum absolute atomic E-state index is 2.37. The van der Waals surface area contributed by atoms with Gasteiger partial charge in [-0.2, -0.15) is 0 Å². The van der Waals surface area contributed by atoms with E-state index < -0.39 is 0 Å². The number of benzene rings is 3. The third-order valence-electron chi connectivity index (χ3n) is 9.20. The van der Waals surface area contributed by atoms with Gasteiger partial charge < -0.3 is 43.8 Å². The summed E-state index contributed by atoms with van der Waals surface area (Å²) in [4.78, 5) is 4.74. The standard InChI is InChI=1S/C44H52N4.2BrH/c1-7-47(8-2)43-22-16-37(17-23-43)14-20-41-26-28-45(31-35(41)5)33-39-12-11-13-40(30-39)34-46-29-27-42(36(6)32-46)21-15-38-18-24-44(25-19-38)48(9-3)10-4;;/h11-32H,7-10,33-34H2,1-6H3;2*1H/q+2;;/p-2. The maximum Gasteiger partial charge on any atom is 0.173 e. The van der Waals surface area contributed by atoms with Crippen LogP contribution in [0.3, 0.4) is 0 Å². The Kier molecular flexibility index (Phi) is 16.2. The van der Waals surface area contributed by atoms with Crippen LogP contribution in [0.5, 0.6) is 0 Å². The van der Waals surface area contributed by atoms with Crippen molar-refractivity contribution in [2.75, 3.05) is 36.0 Å². The third-order valence-corrected chi connectivity index (χ3v) is 9.20. The minimum atomic E-state index is 0. The van der Waals surface area contributed by atoms with Gasteiger partial charge in [0.1, 0.15) is 0 Å². The summed E-state index contributed by atoms with van der Waals surface area (Å²) in [6.07, 6.45) is 17.7. The Hall–Kier alpha value is -4.00. The smallest absolute Gasteiger partial charge is 0.173 e. The van der Waals surface area contributed by atoms with Gasteiger partial charge in [0, 0.05) is 71.9 Å². The highest BCUT2D eigenvalue weighted by molar-refractivity contribution is 5.72. The zero-order valence-corrected chi connectivity index (χ0v) is 33.7. The summed E-state index contributed by atoms with van der Waals surface area (Å²) in [6.45, 7) is 19.0. The third kappa shape index (κ3) is 11.0. The molecule has 5 aromatic rings. The van der Waals surface area contributed by atoms with E-state index in [2.05, 4.69) is 194 Å². The van der Waals surface area contributed by atoms with Gasteiger partial charge in [-0.25, -0.2) is 9.13 Å². The first-order chi connectivity index (χ1) is 23.4. The fourth-order valence-electron chi connectivity index (χ4n) is 6.31. The van der Waals surface area contributed by atoms with Gasteiger partial charge in [0.2, 0.25) is 0 Å². The summed E-state index contributed by atoms with van der Waals surface area (Å²) in [7, 11) is 0. The molecule has 2 aromatic heterocycles. The number of hydrogen-bond acceptors (Lipinski definition) is 2. The highest BCUT2D eigenvalue weighted by atomic mass is 79.9. The van der Waals surface area contributed by atoms with Crippen molar-refractivity contribution < 1.29 is 43.1 Å². The number of anilines is 2. The number of halogens is 2. The molecular weight excluding hydrogens is 744 g/mol. The van der Waals surface area contributed by atoms with Crippen LogP contribution in [0.25, 0.3) is 24.3 Å². The van der Waals surface area contributed by atoms with Crippen LogP contribution < -0.4 is 52.9 Å². The first-order valence-electron chi connectivity index (χ1n) is 17.5. The van der Waals surface area contributed by atoms with Gasteiger partial charge >= 0.3 is 0 Å². The van der Waals surface area contributed by atoms with E-state index in [9.17, 15) is 0 Å². The Morgan fingerprint density at radius 2 is 0.880 bits per heavy atom. The second kappa shape index (κ2) is 20.0. The summed E-state index contributed by atoms with van der Waals surface area (Å²) in [6, 6.07) is 31.1. The molecule has 0 radical (unpaired) electrons. The predicted octanol–water partition coefficient (Wildman–Crippen LogP) is 3.02. The van der Waals surface area contributed by atoms with E-state index in [-0.39, 0.29) is 34.0 Å². The molecule has 0 spiro atoms. The van der Waals surface area contributed by atoms with E-state index in [1.165, 1.54) is 55.9 Å². The SMILES string of the molecule is CCN(CC)c1ccc(/C=C/c2cc[n+](Cc3cccc(C[n+]4ccc(/C=C/c5ccc(N(CC)CC)cc5)c(C)c4)c3)cc2C)cc1.[Br-].[Br-]. The van der Waals surface area contributed by atoms with Crippen LogP contribution in [-0.4, -0.2) is 26.2 Å². The normalized spacial score (nSPS) is 11.0. The lowest BCUT2D eigenvalue weighted by Gasteiger charge is -2.20. The number of nitrogens with zero attached hydrogens (tertiary/aromatic N) is 4. The molecule has 0 aliphatic heterocycles. The lowest BCUT2D eigenvalue weighted by Crippen LogP contribution is -3.00. The highest BCUT2D eigenvalue weighted by Gasteiger charge is 2.10. The van der Waals surface area contributed by atoms with Gasteiger partial charge in [-0.3, -0.25) is 0 Å². The van der Waals surface area contributed by atoms with Gasteiger partial charge in [0.25, 0.3) is 0 Å². The Bertz CT molecular complexity index is 1710. The molecule has 0 saturated heterocycles. The van der Waals surface area contributed by atoms with Crippen LogP contribution in [0, 0.1) is 13.8 Å². The van der Waals surface area contributed by atoms with Gasteiger partial charge in [-0.1, -0.05) is 66.8 Å². The van der Waals surface area contributed by atoms with E-state index in [1.807, 2.05) is 0 Å². The number of rotatable bonds is 14. The van der Waals surface area contributed by atoms with Crippen molar-refractivity contribution >= 4 is 35.7 Å². The van der Waals surface area contributed by atoms with Crippen molar-refractivity contribution in [3.8, 4) is 0 Å². The van der Waals surface area contributed by atoms with Crippen molar-refractivity contribution in [2.24, 2.45) is 0 Å². The minimum absolute atomic E-state index is 0. The monoisotopic (exact) mass is 794 g/mol. The first kappa shape index (κ1) is 40.4. The zero-order valence-electron chi connectivity index (χ0n) is 30.5. The molecule has 3 aromatic carbocycles. The van der Waals surface area contributed by atoms with Gasteiger partial charge in [0.15, 0.2) is 37.9 Å². The molecular formula is C44H52Br2N4. The Balaban J connectivity index is 0.00000338. The molecule has 50 heavy (non-hydrogen) atoms. The molecule has 0 fully saturated rings. The molecule has 6 heteroatoms. The molecule has 0 aliphatic carbocycles. The van der Waals surface area contributed by atoms with Crippen molar-refractivity contribution in [2.45, 2.75) is 54.6 Å². The molecule has 0 N–H and O–H groups in total. The molecule has 0 bridgehead atoms. The van der Waals surface area contributed by atoms with Crippen molar-refractivity contribution in [1.29, 1.82) is 0 Å². The quantitative estimate of drug-likeness (QED) is 0.161. The molecule has 0 unspecified atom stereocenters. The first-order valence-corrected chi connectivity index (χ1v) is 17.5. The summed E-state index contributed by atoms with van der Waals surface area (Å²) in [5.74, 6) is 0. The van der Waals surface area contributed by atoms with Gasteiger partial charge in [-0.15, -0.1) is 0 Å². The molecule has 0 aliphatic rings. The second-order valence-corrected chi connectivity index (χ2v) is 12.5. The lowest BCUT2D eigenvalue weighted by molar-refractivity contribution is -0.689.